The average molecular weight is 448 g/mol. The first-order chi connectivity index (χ1) is 14.9. The van der Waals surface area contributed by atoms with E-state index in [4.69, 9.17) is 4.98 Å². The van der Waals surface area contributed by atoms with Crippen LogP contribution >= 0.6 is 23.1 Å². The highest BCUT2D eigenvalue weighted by atomic mass is 32.2. The SMILES string of the molecule is Cc1ccc2sc(N(Cc3cccnc3)C(=O)c3cccc(SC(C)C)c3)nc2c1C. The summed E-state index contributed by atoms with van der Waals surface area (Å²) in [5.74, 6) is -0.0523. The second kappa shape index (κ2) is 9.20. The van der Waals surface area contributed by atoms with Crippen LogP contribution in [0.1, 0.15) is 40.9 Å². The number of thioether (sulfide) groups is 1. The number of carbonyl (C=O) groups is 1. The highest BCUT2D eigenvalue weighted by Crippen LogP contribution is 2.34. The highest BCUT2D eigenvalue weighted by molar-refractivity contribution is 7.99. The number of benzene rings is 2. The predicted molar refractivity (Wildman–Crippen MR) is 131 cm³/mol. The van der Waals surface area contributed by atoms with Gasteiger partial charge in [-0.15, -0.1) is 11.8 Å². The number of rotatable bonds is 6. The number of hydrogen-bond donors (Lipinski definition) is 0. The molecule has 31 heavy (non-hydrogen) atoms. The van der Waals surface area contributed by atoms with Gasteiger partial charge in [-0.25, -0.2) is 4.98 Å². The molecule has 0 bridgehead atoms. The lowest BCUT2D eigenvalue weighted by Gasteiger charge is -2.20. The summed E-state index contributed by atoms with van der Waals surface area (Å²) in [6.45, 7) is 8.90. The number of fused-ring (bicyclic) bond motifs is 1. The van der Waals surface area contributed by atoms with Crippen molar-refractivity contribution < 1.29 is 4.79 Å². The topological polar surface area (TPSA) is 46.1 Å². The Labute approximate surface area is 191 Å². The van der Waals surface area contributed by atoms with Crippen molar-refractivity contribution in [1.29, 1.82) is 0 Å². The van der Waals surface area contributed by atoms with E-state index in [0.717, 1.165) is 26.2 Å². The Hall–Kier alpha value is -2.70. The summed E-state index contributed by atoms with van der Waals surface area (Å²) in [5, 5.41) is 1.16. The third kappa shape index (κ3) is 4.81. The third-order valence-corrected chi connectivity index (χ3v) is 7.11. The highest BCUT2D eigenvalue weighted by Gasteiger charge is 2.23. The van der Waals surface area contributed by atoms with Crippen molar-refractivity contribution in [2.45, 2.75) is 44.4 Å². The number of hydrogen-bond acceptors (Lipinski definition) is 5. The van der Waals surface area contributed by atoms with Crippen LogP contribution in [0.2, 0.25) is 0 Å². The standard InChI is InChI=1S/C25H25N3OS2/c1-16(2)30-21-9-5-8-20(13-21)24(29)28(15-19-7-6-12-26-14-19)25-27-23-18(4)17(3)10-11-22(23)31-25/h5-14,16H,15H2,1-4H3. The first-order valence-corrected chi connectivity index (χ1v) is 12.0. The van der Waals surface area contributed by atoms with E-state index in [1.807, 2.05) is 30.3 Å². The number of aromatic nitrogens is 2. The zero-order valence-corrected chi connectivity index (χ0v) is 19.8. The van der Waals surface area contributed by atoms with Crippen LogP contribution in [0.4, 0.5) is 5.13 Å². The van der Waals surface area contributed by atoms with Gasteiger partial charge >= 0.3 is 0 Å². The number of pyridine rings is 1. The van der Waals surface area contributed by atoms with E-state index in [2.05, 4.69) is 50.9 Å². The molecule has 4 nitrogen and oxygen atoms in total. The number of aryl methyl sites for hydroxylation is 2. The Kier molecular flexibility index (Phi) is 6.39. The Morgan fingerprint density at radius 1 is 1.13 bits per heavy atom. The third-order valence-electron chi connectivity index (χ3n) is 5.07. The van der Waals surface area contributed by atoms with E-state index in [0.29, 0.717) is 22.5 Å². The van der Waals surface area contributed by atoms with E-state index in [1.165, 1.54) is 5.56 Å². The van der Waals surface area contributed by atoms with E-state index in [1.54, 1.807) is 40.4 Å². The summed E-state index contributed by atoms with van der Waals surface area (Å²) in [7, 11) is 0. The summed E-state index contributed by atoms with van der Waals surface area (Å²) < 4.78 is 1.09. The number of carbonyl (C=O) groups excluding carboxylic acids is 1. The van der Waals surface area contributed by atoms with Crippen LogP contribution in [0.15, 0.2) is 65.8 Å². The van der Waals surface area contributed by atoms with Gasteiger partial charge in [0, 0.05) is 28.1 Å². The summed E-state index contributed by atoms with van der Waals surface area (Å²) >= 11 is 3.31. The normalized spacial score (nSPS) is 11.3. The zero-order valence-electron chi connectivity index (χ0n) is 18.1. The van der Waals surface area contributed by atoms with Gasteiger partial charge in [0.05, 0.1) is 16.8 Å². The Morgan fingerprint density at radius 2 is 1.97 bits per heavy atom. The molecule has 0 aliphatic carbocycles. The van der Waals surface area contributed by atoms with E-state index in [9.17, 15) is 4.79 Å². The molecule has 0 saturated carbocycles. The van der Waals surface area contributed by atoms with Gasteiger partial charge in [0.15, 0.2) is 5.13 Å². The molecule has 2 aromatic heterocycles. The first kappa shape index (κ1) is 21.5. The van der Waals surface area contributed by atoms with Gasteiger partial charge in [-0.3, -0.25) is 14.7 Å². The fourth-order valence-corrected chi connectivity index (χ4v) is 5.28. The smallest absolute Gasteiger partial charge is 0.260 e. The molecule has 0 radical (unpaired) electrons. The first-order valence-electron chi connectivity index (χ1n) is 10.3. The van der Waals surface area contributed by atoms with Crippen LogP contribution in [0, 0.1) is 13.8 Å². The monoisotopic (exact) mass is 447 g/mol. The molecule has 1 amide bonds. The van der Waals surface area contributed by atoms with E-state index < -0.39 is 0 Å². The Morgan fingerprint density at radius 3 is 2.71 bits per heavy atom. The van der Waals surface area contributed by atoms with Crippen molar-refractivity contribution in [2.24, 2.45) is 0 Å². The lowest BCUT2D eigenvalue weighted by atomic mass is 10.1. The van der Waals surface area contributed by atoms with Gasteiger partial charge in [-0.1, -0.05) is 43.4 Å². The maximum Gasteiger partial charge on any atom is 0.260 e. The van der Waals surface area contributed by atoms with Crippen LogP contribution in [0.3, 0.4) is 0 Å². The summed E-state index contributed by atoms with van der Waals surface area (Å²) in [6, 6.07) is 15.9. The molecule has 4 rings (SSSR count). The number of anilines is 1. The van der Waals surface area contributed by atoms with Crippen LogP contribution < -0.4 is 4.90 Å². The molecular formula is C25H25N3OS2. The molecule has 2 aromatic carbocycles. The lowest BCUT2D eigenvalue weighted by molar-refractivity contribution is 0.0985. The molecule has 158 valence electrons. The van der Waals surface area contributed by atoms with E-state index >= 15 is 0 Å². The van der Waals surface area contributed by atoms with Crippen molar-refractivity contribution in [3.8, 4) is 0 Å². The fraction of sp³-hybridized carbons (Fsp3) is 0.240. The Balaban J connectivity index is 1.76. The lowest BCUT2D eigenvalue weighted by Crippen LogP contribution is -2.30. The molecule has 6 heteroatoms. The van der Waals surface area contributed by atoms with Crippen molar-refractivity contribution in [3.63, 3.8) is 0 Å². The van der Waals surface area contributed by atoms with Gasteiger partial charge < -0.3 is 0 Å². The number of nitrogens with zero attached hydrogens (tertiary/aromatic N) is 3. The van der Waals surface area contributed by atoms with Crippen LogP contribution in [-0.4, -0.2) is 21.1 Å². The largest absolute Gasteiger partial charge is 0.279 e. The predicted octanol–water partition coefficient (Wildman–Crippen LogP) is 6.66. The summed E-state index contributed by atoms with van der Waals surface area (Å²) in [4.78, 5) is 25.7. The average Bonchev–Trinajstić information content (AvgIpc) is 3.19. The molecule has 0 fully saturated rings. The fourth-order valence-electron chi connectivity index (χ4n) is 3.36. The van der Waals surface area contributed by atoms with Gasteiger partial charge in [0.1, 0.15) is 0 Å². The van der Waals surface area contributed by atoms with Gasteiger partial charge in [0.2, 0.25) is 0 Å². The van der Waals surface area contributed by atoms with Crippen LogP contribution in [-0.2, 0) is 6.54 Å². The molecule has 0 spiro atoms. The van der Waals surface area contributed by atoms with Crippen molar-refractivity contribution >= 4 is 44.4 Å². The van der Waals surface area contributed by atoms with E-state index in [-0.39, 0.29) is 5.91 Å². The Bertz CT molecular complexity index is 1220. The minimum Gasteiger partial charge on any atom is -0.279 e. The van der Waals surface area contributed by atoms with Crippen LogP contribution in [0.5, 0.6) is 0 Å². The summed E-state index contributed by atoms with van der Waals surface area (Å²) in [6.07, 6.45) is 3.54. The van der Waals surface area contributed by atoms with Crippen molar-refractivity contribution in [2.75, 3.05) is 4.90 Å². The molecule has 2 heterocycles. The molecule has 0 N–H and O–H groups in total. The van der Waals surface area contributed by atoms with Gasteiger partial charge in [0.25, 0.3) is 5.91 Å². The molecular weight excluding hydrogens is 422 g/mol. The minimum absolute atomic E-state index is 0.0523. The molecule has 0 saturated heterocycles. The van der Waals surface area contributed by atoms with Gasteiger partial charge in [-0.05, 0) is 60.9 Å². The molecule has 0 atom stereocenters. The maximum absolute atomic E-state index is 13.7. The van der Waals surface area contributed by atoms with Crippen molar-refractivity contribution in [1.82, 2.24) is 9.97 Å². The number of amides is 1. The second-order valence-electron chi connectivity index (χ2n) is 7.80. The molecule has 0 unspecified atom stereocenters. The molecule has 0 aliphatic heterocycles. The van der Waals surface area contributed by atoms with Gasteiger partial charge in [-0.2, -0.15) is 0 Å². The molecule has 4 aromatic rings. The van der Waals surface area contributed by atoms with Crippen LogP contribution in [0.25, 0.3) is 10.2 Å². The van der Waals surface area contributed by atoms with Crippen molar-refractivity contribution in [3.05, 3.63) is 83.2 Å². The zero-order chi connectivity index (χ0) is 22.0. The second-order valence-corrected chi connectivity index (χ2v) is 10.5. The summed E-state index contributed by atoms with van der Waals surface area (Å²) in [5.41, 5.74) is 4.96. The quantitative estimate of drug-likeness (QED) is 0.310. The minimum atomic E-state index is -0.0523. The number of thiazole rings is 1. The maximum atomic E-state index is 13.7. The molecule has 0 aliphatic rings.